The van der Waals surface area contributed by atoms with Gasteiger partial charge in [0, 0.05) is 5.41 Å². The Kier molecular flexibility index (Phi) is 3.99. The number of hydrogen-bond donors (Lipinski definition) is 1. The molecule has 1 nitrogen and oxygen atoms in total. The van der Waals surface area contributed by atoms with Crippen molar-refractivity contribution >= 4 is 0 Å². The Morgan fingerprint density at radius 3 is 1.38 bits per heavy atom. The second-order valence-corrected chi connectivity index (χ2v) is 7.18. The highest BCUT2D eigenvalue weighted by Gasteiger charge is 2.52. The number of rotatable bonds is 3. The summed E-state index contributed by atoms with van der Waals surface area (Å²) in [5.41, 5.74) is 0.627. The van der Waals surface area contributed by atoms with Gasteiger partial charge < -0.3 is 5.11 Å². The van der Waals surface area contributed by atoms with E-state index >= 15 is 0 Å². The summed E-state index contributed by atoms with van der Waals surface area (Å²) in [6.07, 6.45) is 0. The van der Waals surface area contributed by atoms with E-state index in [0.717, 1.165) is 11.1 Å². The molecule has 0 spiro atoms. The quantitative estimate of drug-likeness (QED) is 0.849. The third kappa shape index (κ3) is 2.51. The van der Waals surface area contributed by atoms with Crippen LogP contribution in [0.25, 0.3) is 0 Å². The van der Waals surface area contributed by atoms with Gasteiger partial charge in [-0.2, -0.15) is 0 Å². The lowest BCUT2D eigenvalue weighted by Crippen LogP contribution is -2.53. The zero-order valence-corrected chi connectivity index (χ0v) is 13.7. The molecule has 1 N–H and O–H groups in total. The smallest absolute Gasteiger partial charge is 0.0967 e. The molecule has 0 aliphatic carbocycles. The normalized spacial score (nSPS) is 17.8. The van der Waals surface area contributed by atoms with Crippen molar-refractivity contribution < 1.29 is 5.11 Å². The van der Waals surface area contributed by atoms with E-state index in [-0.39, 0.29) is 5.41 Å². The van der Waals surface area contributed by atoms with Gasteiger partial charge in [-0.25, -0.2) is 0 Å². The van der Waals surface area contributed by atoms with Gasteiger partial charge in [-0.15, -0.1) is 0 Å². The predicted molar refractivity (Wildman–Crippen MR) is 89.3 cm³/mol. The fourth-order valence-electron chi connectivity index (χ4n) is 3.27. The van der Waals surface area contributed by atoms with Crippen LogP contribution in [-0.4, -0.2) is 5.11 Å². The first-order valence-electron chi connectivity index (χ1n) is 7.54. The maximum atomic E-state index is 11.5. The Bertz CT molecular complexity index is 578. The number of aliphatic hydroxyl groups is 1. The fraction of sp³-hybridized carbons (Fsp3) is 0.400. The number of benzene rings is 2. The van der Waals surface area contributed by atoms with E-state index in [1.807, 2.05) is 55.5 Å². The number of hydrogen-bond acceptors (Lipinski definition) is 1. The van der Waals surface area contributed by atoms with Crippen LogP contribution in [-0.2, 0) is 11.0 Å². The Morgan fingerprint density at radius 2 is 1.00 bits per heavy atom. The van der Waals surface area contributed by atoms with E-state index < -0.39 is 11.0 Å². The summed E-state index contributed by atoms with van der Waals surface area (Å²) in [5, 5.41) is 11.5. The van der Waals surface area contributed by atoms with Crippen molar-refractivity contribution in [3.05, 3.63) is 71.8 Å². The summed E-state index contributed by atoms with van der Waals surface area (Å²) in [4.78, 5) is 0. The van der Waals surface area contributed by atoms with E-state index in [9.17, 15) is 5.11 Å². The zero-order valence-electron chi connectivity index (χ0n) is 13.7. The molecule has 0 radical (unpaired) electrons. The van der Waals surface area contributed by atoms with E-state index in [4.69, 9.17) is 0 Å². The maximum absolute atomic E-state index is 11.5. The van der Waals surface area contributed by atoms with E-state index in [2.05, 4.69) is 39.8 Å². The second kappa shape index (κ2) is 5.31. The molecule has 0 aliphatic heterocycles. The molecule has 2 atom stereocenters. The van der Waals surface area contributed by atoms with E-state index in [0.29, 0.717) is 0 Å². The van der Waals surface area contributed by atoms with Crippen molar-refractivity contribution in [2.75, 3.05) is 0 Å². The van der Waals surface area contributed by atoms with Gasteiger partial charge >= 0.3 is 0 Å². The summed E-state index contributed by atoms with van der Waals surface area (Å²) in [7, 11) is 0. The first kappa shape index (κ1) is 15.8. The fourth-order valence-corrected chi connectivity index (χ4v) is 3.27. The van der Waals surface area contributed by atoms with Gasteiger partial charge in [-0.05, 0) is 23.5 Å². The van der Waals surface area contributed by atoms with E-state index in [1.165, 1.54) is 0 Å². The predicted octanol–water partition coefficient (Wildman–Crippen LogP) is 4.90. The van der Waals surface area contributed by atoms with Crippen LogP contribution in [0.5, 0.6) is 0 Å². The standard InChI is InChI=1S/C20H26O/c1-18(2,3)19(4,16-12-8-6-9-13-16)20(5,21)17-14-10-7-11-15-17/h6-15,21H,1-5H3/t19-,20+/m1/s1. The average Bonchev–Trinajstić information content (AvgIpc) is 2.47. The van der Waals surface area contributed by atoms with Crippen LogP contribution in [0.2, 0.25) is 0 Å². The molecule has 112 valence electrons. The Hall–Kier alpha value is -1.60. The van der Waals surface area contributed by atoms with E-state index in [1.54, 1.807) is 0 Å². The minimum Gasteiger partial charge on any atom is -0.385 e. The average molecular weight is 282 g/mol. The van der Waals surface area contributed by atoms with Crippen molar-refractivity contribution in [1.82, 2.24) is 0 Å². The second-order valence-electron chi connectivity index (χ2n) is 7.18. The molecule has 0 heterocycles. The molecule has 0 bridgehead atoms. The van der Waals surface area contributed by atoms with Gasteiger partial charge in [-0.1, -0.05) is 88.4 Å². The van der Waals surface area contributed by atoms with Crippen molar-refractivity contribution in [3.8, 4) is 0 Å². The van der Waals surface area contributed by atoms with Crippen LogP contribution in [0.15, 0.2) is 60.7 Å². The minimum atomic E-state index is -0.964. The first-order chi connectivity index (χ1) is 9.71. The lowest BCUT2D eigenvalue weighted by Gasteiger charge is -2.52. The zero-order chi connectivity index (χ0) is 15.7. The molecule has 0 saturated heterocycles. The maximum Gasteiger partial charge on any atom is 0.0967 e. The van der Waals surface area contributed by atoms with Crippen molar-refractivity contribution in [2.45, 2.75) is 45.6 Å². The van der Waals surface area contributed by atoms with Gasteiger partial charge in [0.15, 0.2) is 0 Å². The summed E-state index contributed by atoms with van der Waals surface area (Å²) >= 11 is 0. The molecular weight excluding hydrogens is 256 g/mol. The van der Waals surface area contributed by atoms with Gasteiger partial charge in [0.2, 0.25) is 0 Å². The van der Waals surface area contributed by atoms with Gasteiger partial charge in [-0.3, -0.25) is 0 Å². The van der Waals surface area contributed by atoms with Crippen LogP contribution in [0, 0.1) is 5.41 Å². The largest absolute Gasteiger partial charge is 0.385 e. The molecule has 0 saturated carbocycles. The lowest BCUT2D eigenvalue weighted by molar-refractivity contribution is -0.0725. The molecule has 2 rings (SSSR count). The Labute approximate surface area is 128 Å². The van der Waals surface area contributed by atoms with Crippen molar-refractivity contribution in [3.63, 3.8) is 0 Å². The van der Waals surface area contributed by atoms with Crippen LogP contribution >= 0.6 is 0 Å². The minimum absolute atomic E-state index is 0.103. The van der Waals surface area contributed by atoms with Crippen LogP contribution in [0.4, 0.5) is 0 Å². The molecule has 2 aromatic carbocycles. The monoisotopic (exact) mass is 282 g/mol. The molecule has 21 heavy (non-hydrogen) atoms. The summed E-state index contributed by atoms with van der Waals surface area (Å²) < 4.78 is 0. The topological polar surface area (TPSA) is 20.2 Å². The SMILES string of the molecule is CC(C)(C)[C@@](C)(c1ccccc1)[C@@](C)(O)c1ccccc1. The van der Waals surface area contributed by atoms with Gasteiger partial charge in [0.05, 0.1) is 5.60 Å². The molecule has 0 unspecified atom stereocenters. The Morgan fingerprint density at radius 1 is 0.619 bits per heavy atom. The van der Waals surface area contributed by atoms with Crippen molar-refractivity contribution in [2.24, 2.45) is 5.41 Å². The molecule has 0 aromatic heterocycles. The van der Waals surface area contributed by atoms with Crippen LogP contribution in [0.3, 0.4) is 0 Å². The molecule has 0 amide bonds. The van der Waals surface area contributed by atoms with Gasteiger partial charge in [0.25, 0.3) is 0 Å². The lowest BCUT2D eigenvalue weighted by atomic mass is 9.54. The van der Waals surface area contributed by atoms with Crippen LogP contribution < -0.4 is 0 Å². The first-order valence-corrected chi connectivity index (χ1v) is 7.54. The molecule has 0 fully saturated rings. The van der Waals surface area contributed by atoms with Crippen molar-refractivity contribution in [1.29, 1.82) is 0 Å². The highest BCUT2D eigenvalue weighted by atomic mass is 16.3. The highest BCUT2D eigenvalue weighted by Crippen LogP contribution is 2.52. The third-order valence-corrected chi connectivity index (χ3v) is 5.16. The molecule has 1 heteroatoms. The molecular formula is C20H26O. The third-order valence-electron chi connectivity index (χ3n) is 5.16. The Balaban J connectivity index is 2.67. The van der Waals surface area contributed by atoms with Crippen LogP contribution in [0.1, 0.15) is 45.7 Å². The summed E-state index contributed by atoms with van der Waals surface area (Å²) in [6, 6.07) is 20.3. The molecule has 2 aromatic rings. The van der Waals surface area contributed by atoms with Gasteiger partial charge in [0.1, 0.15) is 0 Å². The summed E-state index contributed by atoms with van der Waals surface area (Å²) in [6.45, 7) is 10.7. The summed E-state index contributed by atoms with van der Waals surface area (Å²) in [5.74, 6) is 0. The highest BCUT2D eigenvalue weighted by molar-refractivity contribution is 5.37. The molecule has 0 aliphatic rings.